The van der Waals surface area contributed by atoms with Gasteiger partial charge in [0.1, 0.15) is 5.82 Å². The Bertz CT molecular complexity index is 884. The molecule has 0 saturated carbocycles. The standard InChI is InChI=1S/C26H40FN3O2Si/c1-6-26(2,3)33(4,5)32-19-23-9-7-8-22(24(23)27)11-10-21-16-29-25(30-17-21)31-18-20-12-14-28-15-13-20/h7-9,16-17,20,28H,6,10-15,18-19H2,1-5H3. The summed E-state index contributed by atoms with van der Waals surface area (Å²) in [5.74, 6) is 0.412. The summed E-state index contributed by atoms with van der Waals surface area (Å²) in [7, 11) is -1.95. The molecule has 0 radical (unpaired) electrons. The van der Waals surface area contributed by atoms with E-state index in [2.05, 4.69) is 49.1 Å². The highest BCUT2D eigenvalue weighted by atomic mass is 28.4. The van der Waals surface area contributed by atoms with E-state index in [4.69, 9.17) is 9.16 Å². The van der Waals surface area contributed by atoms with E-state index >= 15 is 4.39 Å². The Labute approximate surface area is 199 Å². The molecular formula is C26H40FN3O2Si. The van der Waals surface area contributed by atoms with Crippen LogP contribution in [0.3, 0.4) is 0 Å². The van der Waals surface area contributed by atoms with Crippen LogP contribution in [0.4, 0.5) is 4.39 Å². The minimum Gasteiger partial charge on any atom is -0.463 e. The third-order valence-electron chi connectivity index (χ3n) is 7.53. The molecular weight excluding hydrogens is 433 g/mol. The number of nitrogens with zero attached hydrogens (tertiary/aromatic N) is 2. The Kier molecular flexibility index (Phi) is 9.01. The molecule has 2 aromatic rings. The van der Waals surface area contributed by atoms with Crippen molar-refractivity contribution in [3.63, 3.8) is 0 Å². The number of ether oxygens (including phenoxy) is 1. The van der Waals surface area contributed by atoms with Gasteiger partial charge in [-0.25, -0.2) is 14.4 Å². The van der Waals surface area contributed by atoms with E-state index in [1.807, 2.05) is 18.2 Å². The second-order valence-corrected chi connectivity index (χ2v) is 15.0. The molecule has 0 aliphatic carbocycles. The molecule has 5 nitrogen and oxygen atoms in total. The number of rotatable bonds is 11. The van der Waals surface area contributed by atoms with Gasteiger partial charge in [0.25, 0.3) is 0 Å². The first-order chi connectivity index (χ1) is 15.7. The first-order valence-electron chi connectivity index (χ1n) is 12.3. The SMILES string of the molecule is CCC(C)(C)[Si](C)(C)OCc1cccc(CCc2cnc(OCC3CCNCC3)nc2)c1F. The zero-order chi connectivity index (χ0) is 23.9. The summed E-state index contributed by atoms with van der Waals surface area (Å²) in [4.78, 5) is 8.69. The Morgan fingerprint density at radius 1 is 1.09 bits per heavy atom. The second-order valence-electron chi connectivity index (χ2n) is 10.3. The lowest BCUT2D eigenvalue weighted by molar-refractivity contribution is 0.202. The molecule has 1 fully saturated rings. The third kappa shape index (κ3) is 7.07. The highest BCUT2D eigenvalue weighted by Gasteiger charge is 2.39. The first kappa shape index (κ1) is 25.8. The van der Waals surface area contributed by atoms with Crippen molar-refractivity contribution in [3.8, 4) is 6.01 Å². The predicted molar refractivity (Wildman–Crippen MR) is 134 cm³/mol. The van der Waals surface area contributed by atoms with E-state index in [1.54, 1.807) is 12.4 Å². The molecule has 7 heteroatoms. The molecule has 1 aromatic carbocycles. The largest absolute Gasteiger partial charge is 0.463 e. The fourth-order valence-corrected chi connectivity index (χ4v) is 5.64. The molecule has 0 amide bonds. The van der Waals surface area contributed by atoms with Crippen LogP contribution < -0.4 is 10.1 Å². The van der Waals surface area contributed by atoms with Gasteiger partial charge in [-0.15, -0.1) is 0 Å². The molecule has 1 aliphatic heterocycles. The monoisotopic (exact) mass is 473 g/mol. The zero-order valence-corrected chi connectivity index (χ0v) is 21.9. The zero-order valence-electron chi connectivity index (χ0n) is 20.9. The lowest BCUT2D eigenvalue weighted by Crippen LogP contribution is -2.42. The van der Waals surface area contributed by atoms with Crippen molar-refractivity contribution >= 4 is 8.32 Å². The van der Waals surface area contributed by atoms with Crippen LogP contribution in [0.15, 0.2) is 30.6 Å². The Balaban J connectivity index is 1.53. The fourth-order valence-electron chi connectivity index (χ4n) is 3.88. The minimum absolute atomic E-state index is 0.143. The number of benzene rings is 1. The van der Waals surface area contributed by atoms with E-state index in [0.717, 1.165) is 37.9 Å². The highest BCUT2D eigenvalue weighted by molar-refractivity contribution is 6.74. The molecule has 0 bridgehead atoms. The lowest BCUT2D eigenvalue weighted by atomic mass is 9.99. The fraction of sp³-hybridized carbons (Fsp3) is 0.615. The number of nitrogens with one attached hydrogen (secondary N) is 1. The van der Waals surface area contributed by atoms with Crippen LogP contribution in [-0.4, -0.2) is 38.0 Å². The van der Waals surface area contributed by atoms with Gasteiger partial charge in [0.2, 0.25) is 0 Å². The molecule has 0 unspecified atom stereocenters. The summed E-state index contributed by atoms with van der Waals surface area (Å²) in [6, 6.07) is 6.03. The Morgan fingerprint density at radius 2 is 1.76 bits per heavy atom. The molecule has 1 saturated heterocycles. The van der Waals surface area contributed by atoms with Crippen LogP contribution in [0.25, 0.3) is 0 Å². The van der Waals surface area contributed by atoms with Crippen LogP contribution >= 0.6 is 0 Å². The van der Waals surface area contributed by atoms with Crippen molar-refractivity contribution < 1.29 is 13.6 Å². The summed E-state index contributed by atoms with van der Waals surface area (Å²) in [5.41, 5.74) is 2.32. The minimum atomic E-state index is -1.95. The summed E-state index contributed by atoms with van der Waals surface area (Å²) in [6.45, 7) is 14.2. The molecule has 2 heterocycles. The molecule has 1 N–H and O–H groups in total. The maximum Gasteiger partial charge on any atom is 0.316 e. The molecule has 1 aromatic heterocycles. The van der Waals surface area contributed by atoms with E-state index in [0.29, 0.717) is 49.1 Å². The van der Waals surface area contributed by atoms with Crippen molar-refractivity contribution in [2.24, 2.45) is 5.92 Å². The van der Waals surface area contributed by atoms with Crippen LogP contribution in [0.2, 0.25) is 18.1 Å². The van der Waals surface area contributed by atoms with Gasteiger partial charge in [0, 0.05) is 18.0 Å². The maximum atomic E-state index is 15.1. The quantitative estimate of drug-likeness (QED) is 0.425. The van der Waals surface area contributed by atoms with Crippen LogP contribution in [0.5, 0.6) is 6.01 Å². The average Bonchev–Trinajstić information content (AvgIpc) is 2.82. The van der Waals surface area contributed by atoms with Crippen molar-refractivity contribution in [1.29, 1.82) is 0 Å². The highest BCUT2D eigenvalue weighted by Crippen LogP contribution is 2.41. The smallest absolute Gasteiger partial charge is 0.316 e. The van der Waals surface area contributed by atoms with Crippen LogP contribution in [-0.2, 0) is 23.9 Å². The van der Waals surface area contributed by atoms with Crippen molar-refractivity contribution in [2.75, 3.05) is 19.7 Å². The summed E-state index contributed by atoms with van der Waals surface area (Å²) >= 11 is 0. The van der Waals surface area contributed by atoms with E-state index in [-0.39, 0.29) is 10.9 Å². The number of aromatic nitrogens is 2. The van der Waals surface area contributed by atoms with Crippen LogP contribution in [0, 0.1) is 11.7 Å². The maximum absolute atomic E-state index is 15.1. The molecule has 33 heavy (non-hydrogen) atoms. The molecule has 0 spiro atoms. The van der Waals surface area contributed by atoms with Gasteiger partial charge in [0.15, 0.2) is 8.32 Å². The summed E-state index contributed by atoms with van der Waals surface area (Å²) in [6.07, 6.45) is 8.16. The molecule has 1 aliphatic rings. The van der Waals surface area contributed by atoms with Gasteiger partial charge in [-0.3, -0.25) is 0 Å². The normalized spacial score (nSPS) is 15.6. The summed E-state index contributed by atoms with van der Waals surface area (Å²) < 4.78 is 27.2. The number of aryl methyl sites for hydroxylation is 2. The van der Waals surface area contributed by atoms with E-state index < -0.39 is 8.32 Å². The number of hydrogen-bond donors (Lipinski definition) is 1. The van der Waals surface area contributed by atoms with Crippen molar-refractivity contribution in [2.45, 2.75) is 77.6 Å². The van der Waals surface area contributed by atoms with Gasteiger partial charge >= 0.3 is 6.01 Å². The molecule has 3 rings (SSSR count). The lowest BCUT2D eigenvalue weighted by Gasteiger charge is -2.38. The van der Waals surface area contributed by atoms with E-state index in [1.165, 1.54) is 0 Å². The number of piperidine rings is 1. The van der Waals surface area contributed by atoms with Crippen molar-refractivity contribution in [3.05, 3.63) is 53.1 Å². The second kappa shape index (κ2) is 11.5. The summed E-state index contributed by atoms with van der Waals surface area (Å²) in [5, 5.41) is 3.50. The van der Waals surface area contributed by atoms with Gasteiger partial charge in [-0.1, -0.05) is 45.4 Å². The van der Waals surface area contributed by atoms with Gasteiger partial charge in [-0.2, -0.15) is 0 Å². The topological polar surface area (TPSA) is 56.3 Å². The number of hydrogen-bond acceptors (Lipinski definition) is 5. The molecule has 0 atom stereocenters. The van der Waals surface area contributed by atoms with Gasteiger partial charge in [0.05, 0.1) is 13.2 Å². The molecule has 182 valence electrons. The Hall–Kier alpha value is -1.83. The van der Waals surface area contributed by atoms with Gasteiger partial charge in [-0.05, 0) is 73.9 Å². The van der Waals surface area contributed by atoms with Gasteiger partial charge < -0.3 is 14.5 Å². The van der Waals surface area contributed by atoms with E-state index in [9.17, 15) is 0 Å². The Morgan fingerprint density at radius 3 is 2.42 bits per heavy atom. The first-order valence-corrected chi connectivity index (χ1v) is 15.2. The average molecular weight is 474 g/mol. The number of halogens is 1. The van der Waals surface area contributed by atoms with Crippen LogP contribution in [0.1, 0.15) is 56.7 Å². The predicted octanol–water partition coefficient (Wildman–Crippen LogP) is 5.69. The van der Waals surface area contributed by atoms with Crippen molar-refractivity contribution in [1.82, 2.24) is 15.3 Å². The third-order valence-corrected chi connectivity index (χ3v) is 12.0.